The lowest BCUT2D eigenvalue weighted by Crippen LogP contribution is -2.20. The minimum Gasteiger partial charge on any atom is -0.388 e. The fourth-order valence-corrected chi connectivity index (χ4v) is 2.10. The summed E-state index contributed by atoms with van der Waals surface area (Å²) in [4.78, 5) is 11.6. The van der Waals surface area contributed by atoms with Crippen LogP contribution in [0.25, 0.3) is 0 Å². The predicted octanol–water partition coefficient (Wildman–Crippen LogP) is 2.18. The average Bonchev–Trinajstić information content (AvgIpc) is 2.87. The number of hydrogen-bond donors (Lipinski definition) is 1. The summed E-state index contributed by atoms with van der Waals surface area (Å²) in [6.07, 6.45) is 7.05. The Morgan fingerprint density at radius 2 is 2.05 bits per heavy atom. The summed E-state index contributed by atoms with van der Waals surface area (Å²) in [7, 11) is 0. The molecule has 0 saturated heterocycles. The number of aliphatic hydroxyl groups excluding tert-OH is 1. The molecule has 2 aromatic heterocycles. The van der Waals surface area contributed by atoms with Crippen LogP contribution in [0.2, 0.25) is 0 Å². The molecule has 0 amide bonds. The second-order valence-electron chi connectivity index (χ2n) is 4.72. The molecule has 2 rings (SSSR count). The van der Waals surface area contributed by atoms with E-state index >= 15 is 0 Å². The third-order valence-electron chi connectivity index (χ3n) is 3.22. The van der Waals surface area contributed by atoms with E-state index in [0.717, 1.165) is 24.9 Å². The standard InChI is InChI=1S/C15H20N2O2/c1-2-5-14(18)13-7-9-16(12-13)10-11-17-8-4-3-6-15(17)19/h3-4,6-9,12,14,18H,2,5,10-11H2,1H3. The summed E-state index contributed by atoms with van der Waals surface area (Å²) >= 11 is 0. The Morgan fingerprint density at radius 1 is 1.21 bits per heavy atom. The first-order chi connectivity index (χ1) is 9.20. The van der Waals surface area contributed by atoms with Gasteiger partial charge in [-0.1, -0.05) is 19.4 Å². The molecule has 4 nitrogen and oxygen atoms in total. The second-order valence-corrected chi connectivity index (χ2v) is 4.72. The van der Waals surface area contributed by atoms with Crippen LogP contribution >= 0.6 is 0 Å². The van der Waals surface area contributed by atoms with Crippen molar-refractivity contribution in [1.82, 2.24) is 9.13 Å². The number of aryl methyl sites for hydroxylation is 2. The zero-order valence-electron chi connectivity index (χ0n) is 11.2. The molecule has 102 valence electrons. The minimum absolute atomic E-state index is 0.0147. The van der Waals surface area contributed by atoms with E-state index in [4.69, 9.17) is 0 Å². The zero-order chi connectivity index (χ0) is 13.7. The van der Waals surface area contributed by atoms with Crippen LogP contribution in [0.1, 0.15) is 31.4 Å². The number of aromatic nitrogens is 2. The highest BCUT2D eigenvalue weighted by atomic mass is 16.3. The molecule has 0 aliphatic heterocycles. The summed E-state index contributed by atoms with van der Waals surface area (Å²) in [6.45, 7) is 3.42. The van der Waals surface area contributed by atoms with Crippen molar-refractivity contribution in [3.8, 4) is 0 Å². The van der Waals surface area contributed by atoms with E-state index in [9.17, 15) is 9.90 Å². The fraction of sp³-hybridized carbons (Fsp3) is 0.400. The molecule has 1 atom stereocenters. The van der Waals surface area contributed by atoms with Crippen molar-refractivity contribution in [3.05, 3.63) is 58.8 Å². The summed E-state index contributed by atoms with van der Waals surface area (Å²) < 4.78 is 3.69. The minimum atomic E-state index is -0.384. The molecule has 0 aliphatic carbocycles. The van der Waals surface area contributed by atoms with E-state index in [1.54, 1.807) is 22.9 Å². The van der Waals surface area contributed by atoms with E-state index in [1.165, 1.54) is 0 Å². The third kappa shape index (κ3) is 3.58. The Bertz CT molecular complexity index is 571. The monoisotopic (exact) mass is 260 g/mol. The first-order valence-electron chi connectivity index (χ1n) is 6.70. The van der Waals surface area contributed by atoms with Gasteiger partial charge in [0.25, 0.3) is 5.56 Å². The topological polar surface area (TPSA) is 47.2 Å². The molecule has 0 aliphatic rings. The van der Waals surface area contributed by atoms with Gasteiger partial charge in [-0.3, -0.25) is 4.79 Å². The van der Waals surface area contributed by atoms with Gasteiger partial charge in [0.2, 0.25) is 0 Å². The maximum Gasteiger partial charge on any atom is 0.250 e. The number of nitrogens with zero attached hydrogens (tertiary/aromatic N) is 2. The molecule has 0 saturated carbocycles. The van der Waals surface area contributed by atoms with E-state index in [-0.39, 0.29) is 11.7 Å². The number of pyridine rings is 1. The molecular formula is C15H20N2O2. The van der Waals surface area contributed by atoms with Gasteiger partial charge in [0.15, 0.2) is 0 Å². The van der Waals surface area contributed by atoms with Gasteiger partial charge < -0.3 is 14.2 Å². The second kappa shape index (κ2) is 6.38. The quantitative estimate of drug-likeness (QED) is 0.865. The van der Waals surface area contributed by atoms with Gasteiger partial charge in [-0.15, -0.1) is 0 Å². The Morgan fingerprint density at radius 3 is 2.79 bits per heavy atom. The molecule has 2 heterocycles. The highest BCUT2D eigenvalue weighted by Gasteiger charge is 2.07. The molecule has 4 heteroatoms. The molecule has 1 unspecified atom stereocenters. The van der Waals surface area contributed by atoms with Crippen LogP contribution in [-0.2, 0) is 13.1 Å². The molecular weight excluding hydrogens is 240 g/mol. The van der Waals surface area contributed by atoms with Crippen LogP contribution in [0.15, 0.2) is 47.7 Å². The van der Waals surface area contributed by atoms with Crippen LogP contribution in [0.5, 0.6) is 0 Å². The lowest BCUT2D eigenvalue weighted by molar-refractivity contribution is 0.166. The van der Waals surface area contributed by atoms with Crippen molar-refractivity contribution >= 4 is 0 Å². The van der Waals surface area contributed by atoms with Crippen LogP contribution in [0.3, 0.4) is 0 Å². The normalized spacial score (nSPS) is 12.5. The van der Waals surface area contributed by atoms with Gasteiger partial charge in [-0.25, -0.2) is 0 Å². The van der Waals surface area contributed by atoms with E-state index in [2.05, 4.69) is 6.92 Å². The number of hydrogen-bond acceptors (Lipinski definition) is 2. The zero-order valence-corrected chi connectivity index (χ0v) is 11.2. The Hall–Kier alpha value is -1.81. The SMILES string of the molecule is CCCC(O)c1ccn(CCn2ccccc2=O)c1. The lowest BCUT2D eigenvalue weighted by Gasteiger charge is -2.07. The molecule has 2 aromatic rings. The van der Waals surface area contributed by atoms with E-state index in [1.807, 2.05) is 29.1 Å². The van der Waals surface area contributed by atoms with Crippen LogP contribution in [-0.4, -0.2) is 14.2 Å². The number of rotatable bonds is 6. The van der Waals surface area contributed by atoms with Gasteiger partial charge >= 0.3 is 0 Å². The highest BCUT2D eigenvalue weighted by molar-refractivity contribution is 5.13. The molecule has 0 spiro atoms. The maximum atomic E-state index is 11.6. The maximum absolute atomic E-state index is 11.6. The van der Waals surface area contributed by atoms with E-state index < -0.39 is 0 Å². The fourth-order valence-electron chi connectivity index (χ4n) is 2.10. The van der Waals surface area contributed by atoms with Crippen LogP contribution in [0.4, 0.5) is 0 Å². The van der Waals surface area contributed by atoms with Gasteiger partial charge in [-0.2, -0.15) is 0 Å². The van der Waals surface area contributed by atoms with Crippen molar-refractivity contribution in [3.63, 3.8) is 0 Å². The van der Waals surface area contributed by atoms with Crippen molar-refractivity contribution in [1.29, 1.82) is 0 Å². The molecule has 0 bridgehead atoms. The first-order valence-corrected chi connectivity index (χ1v) is 6.70. The summed E-state index contributed by atoms with van der Waals surface area (Å²) in [6, 6.07) is 7.10. The van der Waals surface area contributed by atoms with Crippen molar-refractivity contribution in [2.75, 3.05) is 0 Å². The third-order valence-corrected chi connectivity index (χ3v) is 3.22. The highest BCUT2D eigenvalue weighted by Crippen LogP contribution is 2.18. The average molecular weight is 260 g/mol. The number of aliphatic hydroxyl groups is 1. The largest absolute Gasteiger partial charge is 0.388 e. The van der Waals surface area contributed by atoms with Gasteiger partial charge in [0, 0.05) is 37.7 Å². The van der Waals surface area contributed by atoms with Gasteiger partial charge in [-0.05, 0) is 24.1 Å². The van der Waals surface area contributed by atoms with Crippen LogP contribution in [0, 0.1) is 0 Å². The predicted molar refractivity (Wildman–Crippen MR) is 75.0 cm³/mol. The molecule has 0 fully saturated rings. The first kappa shape index (κ1) is 13.6. The summed E-state index contributed by atoms with van der Waals surface area (Å²) in [5.74, 6) is 0. The van der Waals surface area contributed by atoms with Gasteiger partial charge in [0.1, 0.15) is 0 Å². The Balaban J connectivity index is 1.97. The molecule has 0 radical (unpaired) electrons. The van der Waals surface area contributed by atoms with Crippen molar-refractivity contribution in [2.24, 2.45) is 0 Å². The summed E-state index contributed by atoms with van der Waals surface area (Å²) in [5.41, 5.74) is 0.961. The molecule has 1 N–H and O–H groups in total. The lowest BCUT2D eigenvalue weighted by atomic mass is 10.1. The van der Waals surface area contributed by atoms with Crippen molar-refractivity contribution in [2.45, 2.75) is 39.0 Å². The smallest absolute Gasteiger partial charge is 0.250 e. The van der Waals surface area contributed by atoms with Gasteiger partial charge in [0.05, 0.1) is 6.10 Å². The van der Waals surface area contributed by atoms with Crippen LogP contribution < -0.4 is 5.56 Å². The molecule has 0 aromatic carbocycles. The van der Waals surface area contributed by atoms with E-state index in [0.29, 0.717) is 6.54 Å². The Kier molecular flexibility index (Phi) is 4.58. The summed E-state index contributed by atoms with van der Waals surface area (Å²) in [5, 5.41) is 9.89. The Labute approximate surface area is 112 Å². The van der Waals surface area contributed by atoms with Crippen molar-refractivity contribution < 1.29 is 5.11 Å². The molecule has 19 heavy (non-hydrogen) atoms.